The van der Waals surface area contributed by atoms with E-state index in [9.17, 15) is 0 Å². The molecule has 0 atom stereocenters. The van der Waals surface area contributed by atoms with E-state index in [0.29, 0.717) is 0 Å². The summed E-state index contributed by atoms with van der Waals surface area (Å²) >= 11 is 1.84. The Hall–Kier alpha value is -7.33. The molecule has 0 saturated carbocycles. The van der Waals surface area contributed by atoms with Crippen LogP contribution in [-0.2, 0) is 0 Å². The Labute approximate surface area is 383 Å². The fraction of sp³-hybridized carbons (Fsp3) is 0.0820. The Morgan fingerprint density at radius 1 is 0.625 bits per heavy atom. The minimum absolute atomic E-state index is 0.860. The fourth-order valence-corrected chi connectivity index (χ4v) is 8.53. The van der Waals surface area contributed by atoms with E-state index in [1.807, 2.05) is 49.9 Å². The van der Waals surface area contributed by atoms with E-state index in [-0.39, 0.29) is 0 Å². The summed E-state index contributed by atoms with van der Waals surface area (Å²) in [5.74, 6) is 0.891. The van der Waals surface area contributed by atoms with Gasteiger partial charge in [-0.1, -0.05) is 197 Å². The first-order valence-electron chi connectivity index (χ1n) is 21.9. The number of furan rings is 1. The predicted octanol–water partition coefficient (Wildman–Crippen LogP) is 16.5. The van der Waals surface area contributed by atoms with Crippen LogP contribution in [0.2, 0.25) is 0 Å². The molecule has 0 bridgehead atoms. The molecule has 316 valence electrons. The molecule has 0 N–H and O–H groups in total. The van der Waals surface area contributed by atoms with Gasteiger partial charge in [0.15, 0.2) is 0 Å². The maximum absolute atomic E-state index is 6.36. The van der Waals surface area contributed by atoms with Gasteiger partial charge < -0.3 is 9.32 Å². The molecule has 2 nitrogen and oxygen atoms in total. The van der Waals surface area contributed by atoms with Crippen LogP contribution in [0, 0.1) is 13.8 Å². The summed E-state index contributed by atoms with van der Waals surface area (Å²) < 4.78 is 6.36. The van der Waals surface area contributed by atoms with E-state index in [4.69, 9.17) is 4.42 Å². The highest BCUT2D eigenvalue weighted by Gasteiger charge is 2.20. The molecule has 0 fully saturated rings. The summed E-state index contributed by atoms with van der Waals surface area (Å²) in [6, 6.07) is 61.8. The number of anilines is 3. The second-order valence-corrected chi connectivity index (χ2v) is 16.3. The normalized spacial score (nSPS) is 11.4. The van der Waals surface area contributed by atoms with Gasteiger partial charge in [0.05, 0.1) is 5.69 Å². The lowest BCUT2D eigenvalue weighted by molar-refractivity contribution is 0.669. The van der Waals surface area contributed by atoms with Gasteiger partial charge in [-0.15, -0.1) is 11.8 Å². The van der Waals surface area contributed by atoms with Gasteiger partial charge in [-0.3, -0.25) is 0 Å². The second kappa shape index (κ2) is 21.6. The summed E-state index contributed by atoms with van der Waals surface area (Å²) in [6.45, 7) is 20.3. The lowest BCUT2D eigenvalue weighted by Gasteiger charge is -2.29. The Balaban J connectivity index is 0.000000410. The van der Waals surface area contributed by atoms with Crippen LogP contribution < -0.4 is 15.3 Å². The van der Waals surface area contributed by atoms with Crippen LogP contribution in [0.3, 0.4) is 0 Å². The zero-order valence-electron chi connectivity index (χ0n) is 37.3. The van der Waals surface area contributed by atoms with Crippen LogP contribution in [0.4, 0.5) is 17.1 Å². The summed E-state index contributed by atoms with van der Waals surface area (Å²) in [5.41, 5.74) is 11.7. The first-order valence-corrected chi connectivity index (χ1v) is 22.8. The van der Waals surface area contributed by atoms with Crippen molar-refractivity contribution in [3.8, 4) is 11.1 Å². The highest BCUT2D eigenvalue weighted by atomic mass is 32.2. The summed E-state index contributed by atoms with van der Waals surface area (Å²) in [4.78, 5) is 3.59. The molecular formula is C61H55NOS. The van der Waals surface area contributed by atoms with Crippen LogP contribution in [0.5, 0.6) is 0 Å². The van der Waals surface area contributed by atoms with Crippen LogP contribution >= 0.6 is 11.8 Å². The number of fused-ring (bicyclic) bond motifs is 4. The third-order valence-electron chi connectivity index (χ3n) is 10.9. The van der Waals surface area contributed by atoms with Gasteiger partial charge >= 0.3 is 0 Å². The van der Waals surface area contributed by atoms with E-state index in [1.54, 1.807) is 6.08 Å². The molecule has 0 aliphatic rings. The lowest BCUT2D eigenvalue weighted by atomic mass is 9.97. The number of benzene rings is 8. The zero-order valence-corrected chi connectivity index (χ0v) is 38.1. The fourth-order valence-electron chi connectivity index (χ4n) is 7.76. The van der Waals surface area contributed by atoms with Crippen molar-refractivity contribution in [1.82, 2.24) is 0 Å². The lowest BCUT2D eigenvalue weighted by Crippen LogP contribution is -2.22. The molecule has 0 aliphatic carbocycles. The Kier molecular flexibility index (Phi) is 15.1. The topological polar surface area (TPSA) is 16.4 Å². The van der Waals surface area contributed by atoms with E-state index >= 15 is 0 Å². The molecule has 1 aromatic heterocycles. The molecule has 64 heavy (non-hydrogen) atoms. The number of allylic oxidation sites excluding steroid dienone is 5. The molecule has 0 saturated heterocycles. The van der Waals surface area contributed by atoms with Crippen molar-refractivity contribution < 1.29 is 4.42 Å². The maximum atomic E-state index is 6.36. The molecule has 3 heteroatoms. The van der Waals surface area contributed by atoms with Crippen LogP contribution in [0.15, 0.2) is 229 Å². The van der Waals surface area contributed by atoms with E-state index < -0.39 is 0 Å². The number of hydrogen-bond donors (Lipinski definition) is 0. The number of aryl methyl sites for hydroxylation is 2. The van der Waals surface area contributed by atoms with E-state index in [2.05, 4.69) is 221 Å². The maximum Gasteiger partial charge on any atom is 0.137 e. The minimum atomic E-state index is 0.860. The van der Waals surface area contributed by atoms with Crippen LogP contribution in [0.25, 0.3) is 62.1 Å². The quantitative estimate of drug-likeness (QED) is 0.0953. The molecule has 0 aliphatic heterocycles. The molecule has 0 amide bonds. The van der Waals surface area contributed by atoms with Crippen molar-refractivity contribution in [3.05, 3.63) is 247 Å². The monoisotopic (exact) mass is 849 g/mol. The number of rotatable bonds is 11. The van der Waals surface area contributed by atoms with Crippen LogP contribution in [-0.4, -0.2) is 5.75 Å². The van der Waals surface area contributed by atoms with Gasteiger partial charge in [0.25, 0.3) is 0 Å². The third kappa shape index (κ3) is 10.6. The van der Waals surface area contributed by atoms with E-state index in [1.165, 1.54) is 32.4 Å². The smallest absolute Gasteiger partial charge is 0.137 e. The van der Waals surface area contributed by atoms with Crippen molar-refractivity contribution in [2.75, 3.05) is 10.7 Å². The van der Waals surface area contributed by atoms with E-state index in [0.717, 1.165) is 71.9 Å². The molecule has 0 spiro atoms. The Morgan fingerprint density at radius 3 is 2.12 bits per heavy atom. The van der Waals surface area contributed by atoms with Gasteiger partial charge in [-0.05, 0) is 106 Å². The number of hydrogen-bond acceptors (Lipinski definition) is 3. The number of thioether (sulfide) groups is 1. The third-order valence-corrected chi connectivity index (χ3v) is 11.8. The standard InChI is InChI=1S/C48H37NOS.C11H12.C2H6/c1-34(14-5-4-12-31-51-42-29-25-37-18-8-9-19-39(37)32-42)48-35(2)15-13-21-45(48)49(40-26-23-38(24-27-40)36-16-6-3-7-17-36)41-28-30-44-43-20-10-11-22-46(43)50-47(44)33-41;1-4-5-11-8-9(2)6-7-10(11)3;1-2/h3-30,32-33H,1,31H2,2H3;4-8H,1,3H2,2H3;1-2H3/b12-4-,14-5-;11-5-;. The van der Waals surface area contributed by atoms with Crippen LogP contribution in [0.1, 0.15) is 30.5 Å². The molecule has 1 heterocycles. The number of para-hydroxylation sites is 1. The second-order valence-electron chi connectivity index (χ2n) is 15.2. The molecule has 0 unspecified atom stereocenters. The Morgan fingerprint density at radius 2 is 1.33 bits per heavy atom. The summed E-state index contributed by atoms with van der Waals surface area (Å²) in [7, 11) is 0. The predicted molar refractivity (Wildman–Crippen MR) is 283 cm³/mol. The summed E-state index contributed by atoms with van der Waals surface area (Å²) in [5, 5.41) is 6.98. The van der Waals surface area contributed by atoms with Gasteiger partial charge in [0.2, 0.25) is 0 Å². The molecular weight excluding hydrogens is 795 g/mol. The average molecular weight is 850 g/mol. The molecule has 8 aromatic carbocycles. The van der Waals surface area contributed by atoms with Crippen molar-refractivity contribution in [3.63, 3.8) is 0 Å². The molecule has 0 radical (unpaired) electrons. The summed E-state index contributed by atoms with van der Waals surface area (Å²) in [6.07, 6.45) is 12.3. The molecule has 9 aromatic rings. The highest BCUT2D eigenvalue weighted by molar-refractivity contribution is 7.99. The minimum Gasteiger partial charge on any atom is -0.456 e. The van der Waals surface area contributed by atoms with Crippen molar-refractivity contribution in [2.45, 2.75) is 32.6 Å². The average Bonchev–Trinajstić information content (AvgIpc) is 3.71. The number of nitrogens with zero attached hydrogens (tertiary/aromatic N) is 1. The van der Waals surface area contributed by atoms with Gasteiger partial charge in [-0.25, -0.2) is 0 Å². The SMILES string of the molecule is C=C(/C=C\C=C/CSc1ccc2ccccc2c1)c1c(C)cccc1N(c1ccc(-c2ccccc2)cc1)c1ccc2c(c1)oc1ccccc12.C=C/C=c1/cc(C)ccc1=C.CC. The van der Waals surface area contributed by atoms with Crippen molar-refractivity contribution >= 4 is 79.8 Å². The first-order chi connectivity index (χ1) is 31.4. The van der Waals surface area contributed by atoms with Gasteiger partial charge in [0, 0.05) is 44.4 Å². The largest absolute Gasteiger partial charge is 0.456 e. The first kappa shape index (κ1) is 44.7. The van der Waals surface area contributed by atoms with Gasteiger partial charge in [0.1, 0.15) is 11.2 Å². The Bertz CT molecular complexity index is 3210. The molecule has 9 rings (SSSR count). The zero-order chi connectivity index (χ0) is 44.8. The van der Waals surface area contributed by atoms with Crippen molar-refractivity contribution in [2.24, 2.45) is 0 Å². The van der Waals surface area contributed by atoms with Gasteiger partial charge in [-0.2, -0.15) is 0 Å². The van der Waals surface area contributed by atoms with Crippen molar-refractivity contribution in [1.29, 1.82) is 0 Å². The highest BCUT2D eigenvalue weighted by Crippen LogP contribution is 2.43.